The number of anilines is 1. The number of amides is 1. The van der Waals surface area contributed by atoms with E-state index in [4.69, 9.17) is 4.98 Å². The fraction of sp³-hybridized carbons (Fsp3) is 0.278. The standard InChI is InChI=1S/C36H37N3O2S/c1-35(2,3)39(34(40)41)36(21-10-22-36)29-16-18-30(19-17-29)38-24-31-28(23-32(38)27-13-8-5-9-14-27)15-20-33(37-31)42-25-26-11-6-4-7-12-26/h4-9,11-20,23H,10,21-22,24-25H2,1-3H3,(H,40,41). The van der Waals surface area contributed by atoms with Crippen LogP contribution >= 0.6 is 11.8 Å². The summed E-state index contributed by atoms with van der Waals surface area (Å²) in [6, 6.07) is 33.8. The number of hydrogen-bond acceptors (Lipinski definition) is 4. The number of nitrogens with zero attached hydrogens (tertiary/aromatic N) is 3. The second-order valence-corrected chi connectivity index (χ2v) is 13.2. The van der Waals surface area contributed by atoms with Crippen LogP contribution in [0.15, 0.2) is 102 Å². The van der Waals surface area contributed by atoms with E-state index in [2.05, 4.69) is 95.9 Å². The molecular formula is C36H37N3O2S. The molecule has 6 rings (SSSR count). The maximum Gasteiger partial charge on any atom is 0.408 e. The molecular weight excluding hydrogens is 538 g/mol. The molecule has 1 amide bonds. The Labute approximate surface area is 252 Å². The Morgan fingerprint density at radius 2 is 1.60 bits per heavy atom. The number of pyridine rings is 1. The van der Waals surface area contributed by atoms with Crippen molar-refractivity contribution in [2.75, 3.05) is 4.90 Å². The highest BCUT2D eigenvalue weighted by molar-refractivity contribution is 7.98. The van der Waals surface area contributed by atoms with Crippen molar-refractivity contribution in [1.82, 2.24) is 9.88 Å². The third-order valence-electron chi connectivity index (χ3n) is 8.36. The van der Waals surface area contributed by atoms with Gasteiger partial charge in [0.2, 0.25) is 0 Å². The molecule has 0 atom stereocenters. The van der Waals surface area contributed by atoms with Crippen LogP contribution < -0.4 is 4.90 Å². The molecule has 1 aromatic heterocycles. The zero-order valence-electron chi connectivity index (χ0n) is 24.5. The van der Waals surface area contributed by atoms with Crippen LogP contribution in [-0.4, -0.2) is 26.6 Å². The Morgan fingerprint density at radius 3 is 2.19 bits per heavy atom. The fourth-order valence-electron chi connectivity index (χ4n) is 6.32. The van der Waals surface area contributed by atoms with E-state index in [1.165, 1.54) is 5.56 Å². The van der Waals surface area contributed by atoms with Crippen LogP contribution in [-0.2, 0) is 17.8 Å². The van der Waals surface area contributed by atoms with Crippen molar-refractivity contribution in [3.8, 4) is 0 Å². The number of rotatable bonds is 7. The lowest BCUT2D eigenvalue weighted by Crippen LogP contribution is -2.60. The van der Waals surface area contributed by atoms with Crippen molar-refractivity contribution in [3.63, 3.8) is 0 Å². The molecule has 0 radical (unpaired) electrons. The number of carboxylic acid groups (broad SMARTS) is 1. The van der Waals surface area contributed by atoms with E-state index in [0.717, 1.165) is 63.8 Å². The van der Waals surface area contributed by atoms with E-state index in [0.29, 0.717) is 6.54 Å². The molecule has 0 bridgehead atoms. The highest BCUT2D eigenvalue weighted by Gasteiger charge is 2.50. The number of fused-ring (bicyclic) bond motifs is 1. The molecule has 214 valence electrons. The molecule has 42 heavy (non-hydrogen) atoms. The first-order chi connectivity index (χ1) is 20.2. The van der Waals surface area contributed by atoms with Crippen molar-refractivity contribution < 1.29 is 9.90 Å². The van der Waals surface area contributed by atoms with Gasteiger partial charge < -0.3 is 10.0 Å². The first-order valence-electron chi connectivity index (χ1n) is 14.6. The first kappa shape index (κ1) is 28.1. The van der Waals surface area contributed by atoms with E-state index in [1.807, 2.05) is 32.9 Å². The monoisotopic (exact) mass is 575 g/mol. The van der Waals surface area contributed by atoms with Gasteiger partial charge in [-0.3, -0.25) is 4.90 Å². The molecule has 1 fully saturated rings. The largest absolute Gasteiger partial charge is 0.465 e. The predicted octanol–water partition coefficient (Wildman–Crippen LogP) is 9.05. The summed E-state index contributed by atoms with van der Waals surface area (Å²) < 4.78 is 0. The fourth-order valence-corrected chi connectivity index (χ4v) is 7.16. The molecule has 3 aromatic carbocycles. The maximum absolute atomic E-state index is 12.4. The van der Waals surface area contributed by atoms with Crippen molar-refractivity contribution >= 4 is 35.3 Å². The molecule has 5 nitrogen and oxygen atoms in total. The third-order valence-corrected chi connectivity index (χ3v) is 9.36. The second-order valence-electron chi connectivity index (χ2n) is 12.2. The van der Waals surface area contributed by atoms with Crippen molar-refractivity contribution in [3.05, 3.63) is 125 Å². The van der Waals surface area contributed by atoms with E-state index in [9.17, 15) is 9.90 Å². The number of benzene rings is 3. The van der Waals surface area contributed by atoms with Gasteiger partial charge in [-0.2, -0.15) is 0 Å². The second kappa shape index (κ2) is 11.3. The zero-order chi connectivity index (χ0) is 29.3. The molecule has 1 N–H and O–H groups in total. The molecule has 2 heterocycles. The van der Waals surface area contributed by atoms with E-state index >= 15 is 0 Å². The van der Waals surface area contributed by atoms with E-state index in [1.54, 1.807) is 16.7 Å². The summed E-state index contributed by atoms with van der Waals surface area (Å²) in [5.74, 6) is 0.882. The molecule has 1 saturated carbocycles. The molecule has 0 unspecified atom stereocenters. The number of hydrogen-bond donors (Lipinski definition) is 1. The quantitative estimate of drug-likeness (QED) is 0.223. The van der Waals surface area contributed by atoms with Gasteiger partial charge in [0.15, 0.2) is 0 Å². The minimum absolute atomic E-state index is 0.484. The van der Waals surface area contributed by atoms with Crippen LogP contribution in [0.2, 0.25) is 0 Å². The summed E-state index contributed by atoms with van der Waals surface area (Å²) in [7, 11) is 0. The lowest BCUT2D eigenvalue weighted by molar-refractivity contribution is -0.0328. The minimum Gasteiger partial charge on any atom is -0.465 e. The number of aromatic nitrogens is 1. The molecule has 4 aromatic rings. The average molecular weight is 576 g/mol. The number of thioether (sulfide) groups is 1. The topological polar surface area (TPSA) is 56.7 Å². The van der Waals surface area contributed by atoms with Gasteiger partial charge in [-0.05, 0) is 81.0 Å². The van der Waals surface area contributed by atoms with E-state index in [-0.39, 0.29) is 0 Å². The van der Waals surface area contributed by atoms with Gasteiger partial charge in [0, 0.05) is 28.2 Å². The maximum atomic E-state index is 12.4. The van der Waals surface area contributed by atoms with Crippen LogP contribution in [0.5, 0.6) is 0 Å². The van der Waals surface area contributed by atoms with Gasteiger partial charge in [-0.25, -0.2) is 9.78 Å². The van der Waals surface area contributed by atoms with Gasteiger partial charge in [-0.15, -0.1) is 11.8 Å². The molecule has 2 aliphatic rings. The third kappa shape index (κ3) is 5.43. The van der Waals surface area contributed by atoms with Crippen molar-refractivity contribution in [1.29, 1.82) is 0 Å². The van der Waals surface area contributed by atoms with Crippen LogP contribution in [0.1, 0.15) is 68.0 Å². The highest BCUT2D eigenvalue weighted by Crippen LogP contribution is 2.50. The Hall–Kier alpha value is -4.03. The summed E-state index contributed by atoms with van der Waals surface area (Å²) in [6.07, 6.45) is 4.09. The normalized spacial score (nSPS) is 15.8. The van der Waals surface area contributed by atoms with Crippen LogP contribution in [0.3, 0.4) is 0 Å². The van der Waals surface area contributed by atoms with Crippen LogP contribution in [0, 0.1) is 0 Å². The zero-order valence-corrected chi connectivity index (χ0v) is 25.3. The summed E-state index contributed by atoms with van der Waals surface area (Å²) in [4.78, 5) is 21.5. The summed E-state index contributed by atoms with van der Waals surface area (Å²) in [5.41, 5.74) is 6.91. The Bertz CT molecular complexity index is 1590. The summed E-state index contributed by atoms with van der Waals surface area (Å²) >= 11 is 1.76. The van der Waals surface area contributed by atoms with Crippen LogP contribution in [0.25, 0.3) is 11.8 Å². The Kier molecular flexibility index (Phi) is 7.58. The van der Waals surface area contributed by atoms with Crippen molar-refractivity contribution in [2.45, 2.75) is 68.4 Å². The SMILES string of the molecule is CC(C)(C)N(C(=O)O)C1(c2ccc(N3Cc4nc(SCc5ccccc5)ccc4C=C3c3ccccc3)cc2)CCC1. The lowest BCUT2D eigenvalue weighted by Gasteiger charge is -2.54. The highest BCUT2D eigenvalue weighted by atomic mass is 32.2. The average Bonchev–Trinajstić information content (AvgIpc) is 2.97. The van der Waals surface area contributed by atoms with Crippen molar-refractivity contribution in [2.24, 2.45) is 0 Å². The smallest absolute Gasteiger partial charge is 0.408 e. The first-order valence-corrected chi connectivity index (χ1v) is 15.6. The Morgan fingerprint density at radius 1 is 0.929 bits per heavy atom. The lowest BCUT2D eigenvalue weighted by atomic mass is 9.69. The van der Waals surface area contributed by atoms with Gasteiger partial charge in [-0.1, -0.05) is 78.9 Å². The predicted molar refractivity (Wildman–Crippen MR) is 172 cm³/mol. The van der Waals surface area contributed by atoms with Gasteiger partial charge >= 0.3 is 6.09 Å². The van der Waals surface area contributed by atoms with Gasteiger partial charge in [0.1, 0.15) is 0 Å². The van der Waals surface area contributed by atoms with Gasteiger partial charge in [0.25, 0.3) is 0 Å². The Balaban J connectivity index is 1.33. The van der Waals surface area contributed by atoms with E-state index < -0.39 is 17.2 Å². The summed E-state index contributed by atoms with van der Waals surface area (Å²) in [5, 5.41) is 11.2. The molecule has 0 saturated heterocycles. The molecule has 0 spiro atoms. The minimum atomic E-state index is -0.861. The summed E-state index contributed by atoms with van der Waals surface area (Å²) in [6.45, 7) is 6.61. The number of carbonyl (C=O) groups is 1. The van der Waals surface area contributed by atoms with Crippen LogP contribution in [0.4, 0.5) is 10.5 Å². The molecule has 1 aliphatic carbocycles. The van der Waals surface area contributed by atoms with Gasteiger partial charge in [0.05, 0.1) is 22.8 Å². The molecule has 6 heteroatoms. The molecule has 1 aliphatic heterocycles.